The molecule has 2 N–H and O–H groups in total. The summed E-state index contributed by atoms with van der Waals surface area (Å²) in [5.74, 6) is -2.04. The second kappa shape index (κ2) is 9.89. The van der Waals surface area contributed by atoms with E-state index in [1.165, 1.54) is 11.8 Å². The van der Waals surface area contributed by atoms with Crippen LogP contribution in [0, 0.1) is 5.82 Å². The first kappa shape index (κ1) is 24.7. The van der Waals surface area contributed by atoms with Gasteiger partial charge in [0, 0.05) is 39.9 Å². The number of rotatable bonds is 8. The Labute approximate surface area is 191 Å². The predicted octanol–water partition coefficient (Wildman–Crippen LogP) is 6.52. The van der Waals surface area contributed by atoms with E-state index in [4.69, 9.17) is 11.6 Å². The van der Waals surface area contributed by atoms with Crippen molar-refractivity contribution in [1.82, 2.24) is 4.57 Å². The smallest absolute Gasteiger partial charge is 0.418 e. The minimum absolute atomic E-state index is 0.104. The molecule has 0 radical (unpaired) electrons. The normalized spacial score (nSPS) is 18.0. The Kier molecular flexibility index (Phi) is 7.62. The van der Waals surface area contributed by atoms with Crippen molar-refractivity contribution in [1.29, 1.82) is 0 Å². The zero-order valence-corrected chi connectivity index (χ0v) is 18.7. The van der Waals surface area contributed by atoms with Gasteiger partial charge in [0.15, 0.2) is 6.10 Å². The van der Waals surface area contributed by atoms with E-state index < -0.39 is 35.5 Å². The van der Waals surface area contributed by atoms with E-state index in [-0.39, 0.29) is 17.3 Å². The molecule has 1 aliphatic rings. The van der Waals surface area contributed by atoms with Crippen LogP contribution < -0.4 is 0 Å². The zero-order valence-electron chi connectivity index (χ0n) is 17.1. The summed E-state index contributed by atoms with van der Waals surface area (Å²) in [6, 6.07) is 1.84. The lowest BCUT2D eigenvalue weighted by Crippen LogP contribution is -2.20. The largest absolute Gasteiger partial charge is 0.481 e. The summed E-state index contributed by atoms with van der Waals surface area (Å²) in [6.07, 6.45) is -1.71. The third-order valence-electron chi connectivity index (χ3n) is 5.40. The lowest BCUT2D eigenvalue weighted by molar-refractivity contribution is -0.206. The molecule has 2 atom stereocenters. The lowest BCUT2D eigenvalue weighted by atomic mass is 9.98. The second-order valence-electron chi connectivity index (χ2n) is 7.47. The van der Waals surface area contributed by atoms with Crippen LogP contribution in [-0.4, -0.2) is 32.8 Å². The molecule has 10 heteroatoms. The number of hydrogen-bond donors (Lipinski definition) is 2. The minimum Gasteiger partial charge on any atom is -0.481 e. The highest BCUT2D eigenvalue weighted by Crippen LogP contribution is 2.50. The molecule has 0 saturated heterocycles. The molecule has 0 fully saturated rings. The second-order valence-corrected chi connectivity index (χ2v) is 8.91. The number of allylic oxidation sites excluding steroid dienone is 4. The number of aliphatic hydroxyl groups excluding tert-OH is 1. The topological polar surface area (TPSA) is 62.5 Å². The van der Waals surface area contributed by atoms with Gasteiger partial charge >= 0.3 is 12.1 Å². The molecule has 0 saturated carbocycles. The molecule has 32 heavy (non-hydrogen) atoms. The van der Waals surface area contributed by atoms with Crippen molar-refractivity contribution in [2.45, 2.75) is 55.8 Å². The Morgan fingerprint density at radius 2 is 2.09 bits per heavy atom. The summed E-state index contributed by atoms with van der Waals surface area (Å²) in [5.41, 5.74) is 0.215. The molecule has 0 spiro atoms. The van der Waals surface area contributed by atoms with E-state index >= 15 is 0 Å². The average Bonchev–Trinajstić information content (AvgIpc) is 3.24. The number of aliphatic hydroxyl groups is 1. The molecule has 4 nitrogen and oxygen atoms in total. The van der Waals surface area contributed by atoms with Crippen molar-refractivity contribution in [3.63, 3.8) is 0 Å². The Morgan fingerprint density at radius 1 is 1.38 bits per heavy atom. The first-order valence-corrected chi connectivity index (χ1v) is 11.3. The quantitative estimate of drug-likeness (QED) is 0.191. The van der Waals surface area contributed by atoms with Crippen LogP contribution in [-0.2, 0) is 11.3 Å². The monoisotopic (exact) mass is 491 g/mol. The van der Waals surface area contributed by atoms with Crippen LogP contribution >= 0.6 is 23.4 Å². The van der Waals surface area contributed by atoms with Crippen molar-refractivity contribution in [2.24, 2.45) is 0 Å². The third-order valence-corrected chi connectivity index (χ3v) is 6.86. The average molecular weight is 492 g/mol. The van der Waals surface area contributed by atoms with E-state index in [2.05, 4.69) is 0 Å². The molecule has 0 bridgehead atoms. The maximum absolute atomic E-state index is 14.3. The lowest BCUT2D eigenvalue weighted by Gasteiger charge is -2.18. The Hall–Kier alpha value is -1.97. The van der Waals surface area contributed by atoms with E-state index in [0.29, 0.717) is 41.9 Å². The molecule has 1 aromatic heterocycles. The highest BCUT2D eigenvalue weighted by Gasteiger charge is 2.42. The zero-order chi connectivity index (χ0) is 23.6. The highest BCUT2D eigenvalue weighted by atomic mass is 35.5. The molecule has 174 valence electrons. The number of halogens is 5. The number of aliphatic carboxylic acids is 1. The van der Waals surface area contributed by atoms with E-state index in [0.717, 1.165) is 11.0 Å². The van der Waals surface area contributed by atoms with E-state index in [9.17, 15) is 32.6 Å². The van der Waals surface area contributed by atoms with Crippen LogP contribution in [0.15, 0.2) is 40.2 Å². The van der Waals surface area contributed by atoms with Gasteiger partial charge in [-0.3, -0.25) is 4.79 Å². The summed E-state index contributed by atoms with van der Waals surface area (Å²) in [4.78, 5) is 12.6. The summed E-state index contributed by atoms with van der Waals surface area (Å²) < 4.78 is 56.3. The molecule has 2 unspecified atom stereocenters. The van der Waals surface area contributed by atoms with E-state index in [1.54, 1.807) is 17.6 Å². The number of aromatic nitrogens is 1. The summed E-state index contributed by atoms with van der Waals surface area (Å²) in [5, 5.41) is 19.5. The number of nitrogens with zero attached hydrogens (tertiary/aromatic N) is 1. The van der Waals surface area contributed by atoms with Gasteiger partial charge in [-0.25, -0.2) is 4.39 Å². The summed E-state index contributed by atoms with van der Waals surface area (Å²) >= 11 is 6.88. The maximum Gasteiger partial charge on any atom is 0.418 e. The Morgan fingerprint density at radius 3 is 2.69 bits per heavy atom. The highest BCUT2D eigenvalue weighted by molar-refractivity contribution is 8.03. The molecule has 1 aliphatic heterocycles. The predicted molar refractivity (Wildman–Crippen MR) is 117 cm³/mol. The van der Waals surface area contributed by atoms with Crippen molar-refractivity contribution < 1.29 is 32.6 Å². The number of aryl methyl sites for hydroxylation is 1. The molecular formula is C22H22ClF4NO3S. The molecule has 2 aromatic rings. The van der Waals surface area contributed by atoms with Gasteiger partial charge in [0.25, 0.3) is 0 Å². The van der Waals surface area contributed by atoms with Crippen LogP contribution in [0.3, 0.4) is 0 Å². The van der Waals surface area contributed by atoms with Gasteiger partial charge in [-0.1, -0.05) is 30.0 Å². The first-order chi connectivity index (χ1) is 15.1. The van der Waals surface area contributed by atoms with Crippen molar-refractivity contribution in [2.75, 3.05) is 5.88 Å². The number of alkyl halides is 4. The number of carbonyl (C=O) groups is 1. The maximum atomic E-state index is 14.3. The van der Waals surface area contributed by atoms with Crippen LogP contribution in [0.4, 0.5) is 17.6 Å². The number of benzene rings is 1. The van der Waals surface area contributed by atoms with Crippen molar-refractivity contribution in [3.8, 4) is 0 Å². The third kappa shape index (κ3) is 5.00. The van der Waals surface area contributed by atoms with Crippen LogP contribution in [0.1, 0.15) is 49.5 Å². The Bertz CT molecular complexity index is 1080. The van der Waals surface area contributed by atoms with Crippen molar-refractivity contribution in [3.05, 3.63) is 52.3 Å². The van der Waals surface area contributed by atoms with Gasteiger partial charge in [0.1, 0.15) is 5.82 Å². The number of hydrogen-bond acceptors (Lipinski definition) is 3. The van der Waals surface area contributed by atoms with Crippen LogP contribution in [0.5, 0.6) is 0 Å². The minimum atomic E-state index is -4.98. The first-order valence-electron chi connectivity index (χ1n) is 9.94. The van der Waals surface area contributed by atoms with E-state index in [1.807, 2.05) is 12.2 Å². The van der Waals surface area contributed by atoms with Gasteiger partial charge in [-0.2, -0.15) is 13.2 Å². The number of carboxylic acid groups (broad SMARTS) is 1. The Balaban J connectivity index is 2.26. The van der Waals surface area contributed by atoms with Crippen LogP contribution in [0.2, 0.25) is 0 Å². The van der Waals surface area contributed by atoms with Crippen molar-refractivity contribution >= 4 is 40.2 Å². The number of thioether (sulfide) groups is 1. The molecule has 0 amide bonds. The fourth-order valence-electron chi connectivity index (χ4n) is 4.04. The number of carboxylic acids is 1. The molecule has 2 heterocycles. The van der Waals surface area contributed by atoms with Gasteiger partial charge < -0.3 is 14.8 Å². The van der Waals surface area contributed by atoms with Gasteiger partial charge in [0.05, 0.1) is 11.9 Å². The fraction of sp³-hybridized carbons (Fsp3) is 0.409. The van der Waals surface area contributed by atoms with Crippen LogP contribution in [0.25, 0.3) is 10.9 Å². The van der Waals surface area contributed by atoms with Gasteiger partial charge in [-0.05, 0) is 36.8 Å². The SMILES string of the molecule is C/C=C(\C/C=C\CCl)Sc1c2n(c3cc(F)cc(C(O)C(F)(F)F)c13)CCC2CC(=O)O. The summed E-state index contributed by atoms with van der Waals surface area (Å²) in [6.45, 7) is 2.14. The summed E-state index contributed by atoms with van der Waals surface area (Å²) in [7, 11) is 0. The van der Waals surface area contributed by atoms with Gasteiger partial charge in [0.2, 0.25) is 0 Å². The number of fused-ring (bicyclic) bond motifs is 3. The molecule has 1 aromatic carbocycles. The molecular weight excluding hydrogens is 470 g/mol. The molecule has 0 aliphatic carbocycles. The fourth-order valence-corrected chi connectivity index (χ4v) is 5.43. The molecule has 3 rings (SSSR count). The standard InChI is InChI=1S/C22H22ClF4NO3S/c1-2-14(5-3-4-7-23)32-20-18-15(21(31)22(25,26)27)10-13(24)11-16(18)28-8-6-12(19(20)28)9-17(29)30/h2-4,10-12,21,31H,5-9H2,1H3,(H,29,30)/b4-3-,14-2+. The van der Waals surface area contributed by atoms with Gasteiger partial charge in [-0.15, -0.1) is 11.6 Å².